The summed E-state index contributed by atoms with van der Waals surface area (Å²) in [6, 6.07) is 0. The molecule has 0 aliphatic carbocycles. The van der Waals surface area contributed by atoms with E-state index < -0.39 is 41.5 Å². The van der Waals surface area contributed by atoms with E-state index in [1.165, 1.54) is 0 Å². The highest BCUT2D eigenvalue weighted by atomic mass is 19.4. The van der Waals surface area contributed by atoms with Gasteiger partial charge < -0.3 is 0 Å². The molecule has 0 aromatic rings. The minimum atomic E-state index is -5.48. The zero-order valence-electron chi connectivity index (χ0n) is 10.1. The first-order chi connectivity index (χ1) is 8.84. The van der Waals surface area contributed by atoms with Crippen LogP contribution in [0.3, 0.4) is 0 Å². The SMILES string of the molecule is CC(=O)/C=C(/C)OO/C(=C\C(=O)C(F)(F)F)C(F)(F)F. The molecule has 0 heterocycles. The standard InChI is InChI=1S/C10H8F6O4/c1-5(17)3-6(2)19-20-8(10(14,15)16)4-7(18)9(11,12)13/h3-4H,1-2H3/b6-3-,8-4-. The van der Waals surface area contributed by atoms with E-state index in [1.807, 2.05) is 0 Å². The summed E-state index contributed by atoms with van der Waals surface area (Å²) in [5.74, 6) is -6.08. The Balaban J connectivity index is 5.09. The van der Waals surface area contributed by atoms with Crippen LogP contribution in [0.4, 0.5) is 26.3 Å². The van der Waals surface area contributed by atoms with Gasteiger partial charge in [-0.3, -0.25) is 19.4 Å². The number of ketones is 2. The summed E-state index contributed by atoms with van der Waals surface area (Å²) in [6.07, 6.45) is -10.9. The van der Waals surface area contributed by atoms with Gasteiger partial charge in [-0.15, -0.1) is 0 Å². The number of carbonyl (C=O) groups excluding carboxylic acids is 2. The van der Waals surface area contributed by atoms with Crippen molar-refractivity contribution in [3.8, 4) is 0 Å². The fourth-order valence-corrected chi connectivity index (χ4v) is 0.775. The third-order valence-corrected chi connectivity index (χ3v) is 1.49. The summed E-state index contributed by atoms with van der Waals surface area (Å²) in [5.41, 5.74) is 0. The highest BCUT2D eigenvalue weighted by Gasteiger charge is 2.43. The number of rotatable bonds is 5. The van der Waals surface area contributed by atoms with Crippen LogP contribution < -0.4 is 0 Å². The molecule has 0 radical (unpaired) electrons. The van der Waals surface area contributed by atoms with E-state index in [0.717, 1.165) is 19.9 Å². The van der Waals surface area contributed by atoms with Gasteiger partial charge in [0.15, 0.2) is 11.5 Å². The molecule has 0 amide bonds. The number of alkyl halides is 6. The third kappa shape index (κ3) is 6.81. The first-order valence-electron chi connectivity index (χ1n) is 4.77. The van der Waals surface area contributed by atoms with Crippen LogP contribution >= 0.6 is 0 Å². The predicted octanol–water partition coefficient (Wildman–Crippen LogP) is 3.01. The second kappa shape index (κ2) is 6.44. The molecule has 0 spiro atoms. The summed E-state index contributed by atoms with van der Waals surface area (Å²) in [5, 5.41) is 0. The zero-order chi connectivity index (χ0) is 16.1. The van der Waals surface area contributed by atoms with Gasteiger partial charge in [-0.05, 0) is 13.8 Å². The lowest BCUT2D eigenvalue weighted by Gasteiger charge is -2.12. The molecule has 0 unspecified atom stereocenters. The van der Waals surface area contributed by atoms with Crippen molar-refractivity contribution < 1.29 is 45.7 Å². The Morgan fingerprint density at radius 3 is 1.70 bits per heavy atom. The maximum Gasteiger partial charge on any atom is 0.454 e. The van der Waals surface area contributed by atoms with Crippen molar-refractivity contribution in [2.45, 2.75) is 26.2 Å². The summed E-state index contributed by atoms with van der Waals surface area (Å²) in [4.78, 5) is 28.6. The molecule has 0 aromatic heterocycles. The highest BCUT2D eigenvalue weighted by Crippen LogP contribution is 2.29. The number of hydrogen-bond donors (Lipinski definition) is 0. The maximum atomic E-state index is 12.3. The van der Waals surface area contributed by atoms with Crippen LogP contribution in [0.5, 0.6) is 0 Å². The topological polar surface area (TPSA) is 52.6 Å². The summed E-state index contributed by atoms with van der Waals surface area (Å²) in [7, 11) is 0. The molecular weight excluding hydrogens is 298 g/mol. The van der Waals surface area contributed by atoms with E-state index in [0.29, 0.717) is 0 Å². The predicted molar refractivity (Wildman–Crippen MR) is 51.8 cm³/mol. The van der Waals surface area contributed by atoms with Crippen LogP contribution in [-0.4, -0.2) is 23.9 Å². The Morgan fingerprint density at radius 1 is 0.850 bits per heavy atom. The summed E-state index contributed by atoms with van der Waals surface area (Å²) >= 11 is 0. The smallest absolute Gasteiger partial charge is 0.295 e. The fourth-order valence-electron chi connectivity index (χ4n) is 0.775. The van der Waals surface area contributed by atoms with Gasteiger partial charge in [-0.1, -0.05) is 0 Å². The largest absolute Gasteiger partial charge is 0.454 e. The minimum absolute atomic E-state index is 0.438. The lowest BCUT2D eigenvalue weighted by molar-refractivity contribution is -0.273. The Kier molecular flexibility index (Phi) is 5.79. The lowest BCUT2D eigenvalue weighted by atomic mass is 10.3. The quantitative estimate of drug-likeness (QED) is 0.258. The van der Waals surface area contributed by atoms with Gasteiger partial charge in [0.25, 0.3) is 11.5 Å². The molecule has 0 rings (SSSR count). The van der Waals surface area contributed by atoms with Crippen molar-refractivity contribution >= 4 is 11.6 Å². The summed E-state index contributed by atoms with van der Waals surface area (Å²) < 4.78 is 72.5. The molecule has 0 N–H and O–H groups in total. The second-order valence-electron chi connectivity index (χ2n) is 3.40. The number of halogens is 6. The van der Waals surface area contributed by atoms with Crippen LogP contribution in [-0.2, 0) is 19.4 Å². The molecule has 0 atom stereocenters. The van der Waals surface area contributed by atoms with Gasteiger partial charge >= 0.3 is 12.4 Å². The van der Waals surface area contributed by atoms with E-state index >= 15 is 0 Å². The van der Waals surface area contributed by atoms with Crippen molar-refractivity contribution in [3.63, 3.8) is 0 Å². The van der Waals surface area contributed by atoms with E-state index in [-0.39, 0.29) is 0 Å². The van der Waals surface area contributed by atoms with Gasteiger partial charge in [0.2, 0.25) is 0 Å². The van der Waals surface area contributed by atoms with E-state index in [2.05, 4.69) is 9.78 Å². The zero-order valence-corrected chi connectivity index (χ0v) is 10.1. The molecule has 0 aliphatic rings. The fraction of sp³-hybridized carbons (Fsp3) is 0.400. The minimum Gasteiger partial charge on any atom is -0.295 e. The van der Waals surface area contributed by atoms with Gasteiger partial charge in [0.1, 0.15) is 0 Å². The second-order valence-corrected chi connectivity index (χ2v) is 3.40. The average Bonchev–Trinajstić information content (AvgIpc) is 2.19. The van der Waals surface area contributed by atoms with Gasteiger partial charge in [0, 0.05) is 12.2 Å². The highest BCUT2D eigenvalue weighted by molar-refractivity contribution is 5.94. The Morgan fingerprint density at radius 2 is 1.35 bits per heavy atom. The normalized spacial score (nSPS) is 14.0. The van der Waals surface area contributed by atoms with Crippen molar-refractivity contribution in [1.29, 1.82) is 0 Å². The van der Waals surface area contributed by atoms with Crippen molar-refractivity contribution in [2.75, 3.05) is 0 Å². The lowest BCUT2D eigenvalue weighted by Crippen LogP contribution is -2.24. The Labute approximate surface area is 108 Å². The van der Waals surface area contributed by atoms with Crippen molar-refractivity contribution in [2.24, 2.45) is 0 Å². The van der Waals surface area contributed by atoms with Crippen LogP contribution in [0.25, 0.3) is 0 Å². The third-order valence-electron chi connectivity index (χ3n) is 1.49. The van der Waals surface area contributed by atoms with E-state index in [9.17, 15) is 35.9 Å². The van der Waals surface area contributed by atoms with E-state index in [4.69, 9.17) is 0 Å². The monoisotopic (exact) mass is 306 g/mol. The van der Waals surface area contributed by atoms with Crippen molar-refractivity contribution in [1.82, 2.24) is 0 Å². The summed E-state index contributed by atoms with van der Waals surface area (Å²) in [6.45, 7) is 2.08. The van der Waals surface area contributed by atoms with Gasteiger partial charge in [-0.2, -0.15) is 26.3 Å². The van der Waals surface area contributed by atoms with Crippen molar-refractivity contribution in [3.05, 3.63) is 23.7 Å². The Hall–Kier alpha value is -2.00. The van der Waals surface area contributed by atoms with Crippen LogP contribution in [0, 0.1) is 0 Å². The van der Waals surface area contributed by atoms with Crippen LogP contribution in [0.15, 0.2) is 23.7 Å². The first kappa shape index (κ1) is 18.0. The van der Waals surface area contributed by atoms with Crippen LogP contribution in [0.1, 0.15) is 13.8 Å². The van der Waals surface area contributed by atoms with Gasteiger partial charge in [-0.25, -0.2) is 0 Å². The number of carbonyl (C=O) groups is 2. The van der Waals surface area contributed by atoms with E-state index in [1.54, 1.807) is 0 Å². The molecule has 0 aliphatic heterocycles. The first-order valence-corrected chi connectivity index (χ1v) is 4.77. The van der Waals surface area contributed by atoms with Crippen LogP contribution in [0.2, 0.25) is 0 Å². The number of hydrogen-bond acceptors (Lipinski definition) is 4. The Bertz CT molecular complexity index is 444. The molecule has 0 aromatic carbocycles. The molecule has 0 saturated heterocycles. The maximum absolute atomic E-state index is 12.3. The molecule has 0 bridgehead atoms. The molecule has 114 valence electrons. The molecule has 4 nitrogen and oxygen atoms in total. The molecule has 0 saturated carbocycles. The molecule has 0 fully saturated rings. The molecule has 10 heteroatoms. The average molecular weight is 306 g/mol. The molecular formula is C10H8F6O4. The molecule has 20 heavy (non-hydrogen) atoms. The van der Waals surface area contributed by atoms with Gasteiger partial charge in [0.05, 0.1) is 0 Å². The number of allylic oxidation sites excluding steroid dienone is 4.